The average Bonchev–Trinajstić information content (AvgIpc) is 3.52. The summed E-state index contributed by atoms with van der Waals surface area (Å²) in [6.07, 6.45) is 1.77. The van der Waals surface area contributed by atoms with E-state index in [9.17, 15) is 4.79 Å². The second kappa shape index (κ2) is 10.9. The van der Waals surface area contributed by atoms with Crippen LogP contribution < -0.4 is 15.5 Å². The molecule has 1 saturated heterocycles. The maximum absolute atomic E-state index is 12.0. The van der Waals surface area contributed by atoms with Gasteiger partial charge in [0.2, 0.25) is 5.91 Å². The van der Waals surface area contributed by atoms with Gasteiger partial charge in [-0.3, -0.25) is 9.78 Å². The highest BCUT2D eigenvalue weighted by atomic mass is 35.5. The second-order valence-electron chi connectivity index (χ2n) is 9.14. The van der Waals surface area contributed by atoms with E-state index in [4.69, 9.17) is 33.0 Å². The number of methoxy groups -OCH3 is 1. The van der Waals surface area contributed by atoms with Gasteiger partial charge in [-0.05, 0) is 85.7 Å². The van der Waals surface area contributed by atoms with E-state index in [0.717, 1.165) is 33.8 Å². The van der Waals surface area contributed by atoms with Crippen LogP contribution >= 0.6 is 23.8 Å². The fourth-order valence-electron chi connectivity index (χ4n) is 4.59. The van der Waals surface area contributed by atoms with Crippen molar-refractivity contribution < 1.29 is 13.9 Å². The Bertz CT molecular complexity index is 1490. The lowest BCUT2D eigenvalue weighted by Crippen LogP contribution is -2.29. The molecule has 1 amide bonds. The number of amides is 1. The molecule has 194 valence electrons. The highest BCUT2D eigenvalue weighted by Gasteiger charge is 2.42. The molecule has 0 saturated carbocycles. The zero-order valence-corrected chi connectivity index (χ0v) is 22.8. The summed E-state index contributed by atoms with van der Waals surface area (Å²) in [6, 6.07) is 20.9. The summed E-state index contributed by atoms with van der Waals surface area (Å²) in [7, 11) is 1.49. The summed E-state index contributed by atoms with van der Waals surface area (Å²) in [4.78, 5) is 18.7. The fourth-order valence-corrected chi connectivity index (χ4v) is 5.12. The third kappa shape index (κ3) is 5.15. The second-order valence-corrected chi connectivity index (χ2v) is 9.94. The molecule has 4 aromatic rings. The lowest BCUT2D eigenvalue weighted by Gasteiger charge is -2.27. The van der Waals surface area contributed by atoms with E-state index in [1.807, 2.05) is 85.5 Å². The lowest BCUT2D eigenvalue weighted by atomic mass is 10.0. The van der Waals surface area contributed by atoms with E-state index in [2.05, 4.69) is 15.6 Å². The molecule has 3 heterocycles. The molecule has 1 fully saturated rings. The van der Waals surface area contributed by atoms with Crippen LogP contribution in [0.4, 0.5) is 11.4 Å². The van der Waals surface area contributed by atoms with Crippen molar-refractivity contribution in [3.63, 3.8) is 0 Å². The van der Waals surface area contributed by atoms with Gasteiger partial charge >= 0.3 is 0 Å². The van der Waals surface area contributed by atoms with Gasteiger partial charge in [-0.25, -0.2) is 0 Å². The Morgan fingerprint density at radius 1 is 1.13 bits per heavy atom. The van der Waals surface area contributed by atoms with Gasteiger partial charge < -0.3 is 24.7 Å². The molecule has 2 N–H and O–H groups in total. The zero-order chi connectivity index (χ0) is 26.8. The van der Waals surface area contributed by atoms with Crippen molar-refractivity contribution in [2.24, 2.45) is 0 Å². The van der Waals surface area contributed by atoms with Crippen molar-refractivity contribution >= 4 is 46.2 Å². The normalized spacial score (nSPS) is 16.9. The number of halogens is 1. The first-order valence-corrected chi connectivity index (χ1v) is 12.9. The number of carbonyl (C=O) groups is 1. The molecule has 38 heavy (non-hydrogen) atoms. The predicted molar refractivity (Wildman–Crippen MR) is 154 cm³/mol. The maximum Gasteiger partial charge on any atom is 0.250 e. The van der Waals surface area contributed by atoms with Crippen LogP contribution in [0.3, 0.4) is 0 Å². The molecule has 1 aliphatic heterocycles. The van der Waals surface area contributed by atoms with Crippen molar-refractivity contribution in [1.82, 2.24) is 10.3 Å². The third-order valence-corrected chi connectivity index (χ3v) is 7.23. The first kappa shape index (κ1) is 25.9. The molecule has 9 heteroatoms. The molecule has 0 radical (unpaired) electrons. The summed E-state index contributed by atoms with van der Waals surface area (Å²) in [5.41, 5.74) is 5.22. The molecule has 5 rings (SSSR count). The molecule has 7 nitrogen and oxygen atoms in total. The minimum atomic E-state index is -0.305. The number of carbonyl (C=O) groups excluding carboxylic acids is 1. The summed E-state index contributed by atoms with van der Waals surface area (Å²) in [6.45, 7) is 3.90. The monoisotopic (exact) mass is 546 g/mol. The molecular weight excluding hydrogens is 520 g/mol. The summed E-state index contributed by atoms with van der Waals surface area (Å²) >= 11 is 12.2. The Balaban J connectivity index is 1.54. The number of aryl methyl sites for hydroxylation is 2. The number of ether oxygens (including phenoxy) is 1. The molecular formula is C29H27ClN4O3S. The lowest BCUT2D eigenvalue weighted by molar-refractivity contribution is -0.119. The van der Waals surface area contributed by atoms with Crippen LogP contribution in [-0.4, -0.2) is 29.7 Å². The van der Waals surface area contributed by atoms with Crippen molar-refractivity contribution in [3.05, 3.63) is 101 Å². The number of hydrogen-bond acceptors (Lipinski definition) is 5. The van der Waals surface area contributed by atoms with E-state index < -0.39 is 0 Å². The molecule has 2 aromatic carbocycles. The molecule has 0 aliphatic carbocycles. The van der Waals surface area contributed by atoms with E-state index in [1.54, 1.807) is 6.20 Å². The number of thiocarbonyl (C=S) groups is 1. The van der Waals surface area contributed by atoms with Gasteiger partial charge in [0.25, 0.3) is 0 Å². The summed E-state index contributed by atoms with van der Waals surface area (Å²) < 4.78 is 11.4. The first-order chi connectivity index (χ1) is 18.4. The number of pyridine rings is 1. The van der Waals surface area contributed by atoms with Crippen LogP contribution in [-0.2, 0) is 9.53 Å². The number of rotatable bonds is 7. The topological polar surface area (TPSA) is 79.6 Å². The Morgan fingerprint density at radius 3 is 2.68 bits per heavy atom. The molecule has 0 spiro atoms. The molecule has 1 aliphatic rings. The van der Waals surface area contributed by atoms with Gasteiger partial charge in [0.15, 0.2) is 5.11 Å². The average molecular weight is 547 g/mol. The smallest absolute Gasteiger partial charge is 0.250 e. The van der Waals surface area contributed by atoms with Crippen molar-refractivity contribution in [3.8, 4) is 11.3 Å². The highest BCUT2D eigenvalue weighted by molar-refractivity contribution is 7.80. The van der Waals surface area contributed by atoms with Gasteiger partial charge in [0.1, 0.15) is 24.2 Å². The zero-order valence-electron chi connectivity index (χ0n) is 21.2. The van der Waals surface area contributed by atoms with Crippen LogP contribution in [0.1, 0.15) is 34.7 Å². The Labute approximate surface area is 231 Å². The first-order valence-electron chi connectivity index (χ1n) is 12.1. The van der Waals surface area contributed by atoms with Gasteiger partial charge in [0, 0.05) is 35.3 Å². The van der Waals surface area contributed by atoms with Crippen molar-refractivity contribution in [2.45, 2.75) is 25.9 Å². The SMILES string of the molecule is COCC(=O)Nc1ccc(N2C(=S)N[C@@H](c3ccccn3)[C@H]2c2ccc(-c3ccc(C)c(Cl)c3)o2)cc1C. The Hall–Kier alpha value is -3.72. The number of aromatic nitrogens is 1. The number of hydrogen-bond donors (Lipinski definition) is 2. The standard InChI is InChI=1S/C29H27ClN4O3S/c1-17-7-8-19(15-21(17)30)24-11-12-25(37-24)28-27(23-6-4-5-13-31-23)33-29(38)34(28)20-9-10-22(18(2)14-20)32-26(35)16-36-3/h4-15,27-28H,16H2,1-3H3,(H,32,35)(H,33,38)/t27-,28+/m0/s1. The largest absolute Gasteiger partial charge is 0.459 e. The molecule has 0 unspecified atom stereocenters. The Morgan fingerprint density at radius 2 is 1.97 bits per heavy atom. The molecule has 0 bridgehead atoms. The van der Waals surface area contributed by atoms with Gasteiger partial charge in [-0.1, -0.05) is 29.8 Å². The van der Waals surface area contributed by atoms with Crippen molar-refractivity contribution in [2.75, 3.05) is 23.9 Å². The van der Waals surface area contributed by atoms with E-state index in [-0.39, 0.29) is 24.6 Å². The maximum atomic E-state index is 12.0. The minimum absolute atomic E-state index is 0.0117. The third-order valence-electron chi connectivity index (χ3n) is 6.51. The number of benzene rings is 2. The van der Waals surface area contributed by atoms with Gasteiger partial charge in [-0.15, -0.1) is 0 Å². The number of nitrogens with zero attached hydrogens (tertiary/aromatic N) is 2. The van der Waals surface area contributed by atoms with E-state index in [1.165, 1.54) is 7.11 Å². The Kier molecular flexibility index (Phi) is 7.46. The number of furan rings is 1. The van der Waals surface area contributed by atoms with Crippen LogP contribution in [0.15, 0.2) is 77.3 Å². The van der Waals surface area contributed by atoms with Crippen molar-refractivity contribution in [1.29, 1.82) is 0 Å². The van der Waals surface area contributed by atoms with Crippen LogP contribution in [0.25, 0.3) is 11.3 Å². The van der Waals surface area contributed by atoms with Crippen LogP contribution in [0.5, 0.6) is 0 Å². The predicted octanol–water partition coefficient (Wildman–Crippen LogP) is 6.37. The highest BCUT2D eigenvalue weighted by Crippen LogP contribution is 2.43. The fraction of sp³-hybridized carbons (Fsp3) is 0.207. The minimum Gasteiger partial charge on any atom is -0.459 e. The van der Waals surface area contributed by atoms with Gasteiger partial charge in [0.05, 0.1) is 11.7 Å². The van der Waals surface area contributed by atoms with Crippen LogP contribution in [0.2, 0.25) is 5.02 Å². The quantitative estimate of drug-likeness (QED) is 0.261. The van der Waals surface area contributed by atoms with Gasteiger partial charge in [-0.2, -0.15) is 0 Å². The van der Waals surface area contributed by atoms with E-state index in [0.29, 0.717) is 21.6 Å². The van der Waals surface area contributed by atoms with E-state index >= 15 is 0 Å². The molecule has 2 atom stereocenters. The number of nitrogens with one attached hydrogen (secondary N) is 2. The summed E-state index contributed by atoms with van der Waals surface area (Å²) in [5, 5.41) is 7.56. The molecule has 2 aromatic heterocycles. The summed E-state index contributed by atoms with van der Waals surface area (Å²) in [5.74, 6) is 1.23. The number of anilines is 2. The van der Waals surface area contributed by atoms with Crippen LogP contribution in [0, 0.1) is 13.8 Å².